The summed E-state index contributed by atoms with van der Waals surface area (Å²) in [5.41, 5.74) is 2.97. The van der Waals surface area contributed by atoms with Gasteiger partial charge in [-0.3, -0.25) is 4.79 Å². The van der Waals surface area contributed by atoms with Crippen molar-refractivity contribution >= 4 is 21.8 Å². The van der Waals surface area contributed by atoms with Crippen LogP contribution in [0.3, 0.4) is 0 Å². The lowest BCUT2D eigenvalue weighted by atomic mass is 9.72. The molecule has 4 aromatic rings. The van der Waals surface area contributed by atoms with E-state index in [1.807, 2.05) is 56.0 Å². The predicted octanol–water partition coefficient (Wildman–Crippen LogP) is 4.27. The molecule has 0 bridgehead atoms. The monoisotopic (exact) mass is 659 g/mol. The maximum atomic E-state index is 14.0. The quantitative estimate of drug-likeness (QED) is 0.296. The van der Waals surface area contributed by atoms with E-state index in [-0.39, 0.29) is 17.2 Å². The molecule has 2 aliphatic heterocycles. The predicted molar refractivity (Wildman–Crippen MR) is 172 cm³/mol. The van der Waals surface area contributed by atoms with Crippen LogP contribution in [-0.4, -0.2) is 93.7 Å². The van der Waals surface area contributed by atoms with E-state index in [0.717, 1.165) is 23.3 Å². The van der Waals surface area contributed by atoms with Gasteiger partial charge in [0, 0.05) is 62.1 Å². The number of nitrogens with zero attached hydrogens (tertiary/aromatic N) is 6. The summed E-state index contributed by atoms with van der Waals surface area (Å²) < 4.78 is 34.6. The molecule has 1 N–H and O–H groups in total. The summed E-state index contributed by atoms with van der Waals surface area (Å²) in [5.74, 6) is 0.949. The summed E-state index contributed by atoms with van der Waals surface area (Å²) >= 11 is 0. The SMILES string of the molecule is COc1ccc(CN2CC3(CCN(C(=O)OC(C)(C)C)CC3)c3[nH]c(-c4ccnc(-c5cnc(S(C)(=O)=O)nc5)n4)cc3C2=O)cc1. The number of H-pyrrole nitrogens is 1. The molecule has 1 aromatic carbocycles. The zero-order valence-electron chi connectivity index (χ0n) is 27.0. The minimum absolute atomic E-state index is 0.0995. The maximum Gasteiger partial charge on any atom is 0.410 e. The molecular formula is C33H37N7O6S. The first-order valence-electron chi connectivity index (χ1n) is 15.2. The second-order valence-corrected chi connectivity index (χ2v) is 14.9. The summed E-state index contributed by atoms with van der Waals surface area (Å²) in [6.45, 7) is 7.41. The number of ether oxygens (including phenoxy) is 2. The fourth-order valence-corrected chi connectivity index (χ4v) is 6.56. The number of hydrogen-bond donors (Lipinski definition) is 1. The number of fused-ring (bicyclic) bond motifs is 2. The van der Waals surface area contributed by atoms with Crippen molar-refractivity contribution in [3.05, 3.63) is 71.8 Å². The third-order valence-electron chi connectivity index (χ3n) is 8.41. The van der Waals surface area contributed by atoms with Gasteiger partial charge in [-0.25, -0.2) is 33.1 Å². The van der Waals surface area contributed by atoms with Gasteiger partial charge in [0.25, 0.3) is 5.91 Å². The van der Waals surface area contributed by atoms with E-state index in [1.165, 1.54) is 12.4 Å². The summed E-state index contributed by atoms with van der Waals surface area (Å²) in [6, 6.07) is 11.2. The van der Waals surface area contributed by atoms with Gasteiger partial charge in [0.05, 0.1) is 29.6 Å². The van der Waals surface area contributed by atoms with Crippen molar-refractivity contribution in [2.75, 3.05) is 33.0 Å². The lowest BCUT2D eigenvalue weighted by molar-refractivity contribution is 0.0120. The Labute approximate surface area is 273 Å². The highest BCUT2D eigenvalue weighted by Gasteiger charge is 2.47. The Morgan fingerprint density at radius 1 is 1.04 bits per heavy atom. The number of carbonyl (C=O) groups is 2. The van der Waals surface area contributed by atoms with Gasteiger partial charge in [0.1, 0.15) is 11.4 Å². The Balaban J connectivity index is 1.34. The highest BCUT2D eigenvalue weighted by atomic mass is 32.2. The molecule has 1 fully saturated rings. The molecule has 246 valence electrons. The van der Waals surface area contributed by atoms with Crippen LogP contribution in [0, 0.1) is 0 Å². The zero-order chi connectivity index (χ0) is 33.6. The lowest BCUT2D eigenvalue weighted by Gasteiger charge is -2.47. The van der Waals surface area contributed by atoms with Crippen molar-refractivity contribution in [1.29, 1.82) is 0 Å². The molecule has 0 saturated carbocycles. The van der Waals surface area contributed by atoms with E-state index >= 15 is 0 Å². The normalized spacial score (nSPS) is 16.2. The third kappa shape index (κ3) is 6.68. The number of rotatable bonds is 6. The van der Waals surface area contributed by atoms with E-state index in [1.54, 1.807) is 24.3 Å². The largest absolute Gasteiger partial charge is 0.497 e. The van der Waals surface area contributed by atoms with Gasteiger partial charge in [-0.15, -0.1) is 0 Å². The van der Waals surface area contributed by atoms with Crippen molar-refractivity contribution in [2.24, 2.45) is 0 Å². The highest BCUT2D eigenvalue weighted by molar-refractivity contribution is 7.90. The van der Waals surface area contributed by atoms with Gasteiger partial charge < -0.3 is 24.3 Å². The molecule has 14 heteroatoms. The van der Waals surface area contributed by atoms with Gasteiger partial charge in [-0.2, -0.15) is 0 Å². The molecule has 0 aliphatic carbocycles. The number of likely N-dealkylation sites (tertiary alicyclic amines) is 1. The topological polar surface area (TPSA) is 161 Å². The number of amides is 2. The molecule has 2 amide bonds. The fourth-order valence-electron chi connectivity index (χ4n) is 6.07. The first kappa shape index (κ1) is 32.1. The molecule has 0 radical (unpaired) electrons. The molecule has 3 aromatic heterocycles. The molecule has 47 heavy (non-hydrogen) atoms. The second-order valence-electron chi connectivity index (χ2n) is 13.0. The van der Waals surface area contributed by atoms with E-state index in [0.29, 0.717) is 67.4 Å². The Morgan fingerprint density at radius 3 is 2.34 bits per heavy atom. The Hall–Kier alpha value is -4.85. The molecule has 5 heterocycles. The molecular weight excluding hydrogens is 622 g/mol. The van der Waals surface area contributed by atoms with Gasteiger partial charge in [-0.1, -0.05) is 12.1 Å². The maximum absolute atomic E-state index is 14.0. The van der Waals surface area contributed by atoms with Crippen LogP contribution in [0.15, 0.2) is 60.1 Å². The molecule has 2 aliphatic rings. The van der Waals surface area contributed by atoms with Crippen LogP contribution in [0.4, 0.5) is 4.79 Å². The van der Waals surface area contributed by atoms with Gasteiger partial charge in [-0.05, 0) is 63.4 Å². The van der Waals surface area contributed by atoms with Crippen LogP contribution in [0.2, 0.25) is 0 Å². The molecule has 6 rings (SSSR count). The van der Waals surface area contributed by atoms with Crippen LogP contribution in [0.5, 0.6) is 5.75 Å². The highest BCUT2D eigenvalue weighted by Crippen LogP contribution is 2.43. The number of nitrogens with one attached hydrogen (secondary N) is 1. The Kier molecular flexibility index (Phi) is 8.24. The van der Waals surface area contributed by atoms with Crippen LogP contribution < -0.4 is 4.74 Å². The first-order valence-corrected chi connectivity index (χ1v) is 17.1. The second kappa shape index (κ2) is 12.1. The smallest absolute Gasteiger partial charge is 0.410 e. The third-order valence-corrected chi connectivity index (χ3v) is 9.29. The Morgan fingerprint density at radius 2 is 1.72 bits per heavy atom. The number of benzene rings is 1. The van der Waals surface area contributed by atoms with Crippen molar-refractivity contribution in [1.82, 2.24) is 34.7 Å². The van der Waals surface area contributed by atoms with E-state index < -0.39 is 20.9 Å². The molecule has 0 unspecified atom stereocenters. The van der Waals surface area contributed by atoms with Gasteiger partial charge in [0.15, 0.2) is 5.82 Å². The fraction of sp³-hybridized carbons (Fsp3) is 0.394. The number of aromatic nitrogens is 5. The summed E-state index contributed by atoms with van der Waals surface area (Å²) in [5, 5.41) is -0.282. The number of hydrogen-bond acceptors (Lipinski definition) is 10. The van der Waals surface area contributed by atoms with E-state index in [4.69, 9.17) is 14.5 Å². The minimum atomic E-state index is -3.56. The van der Waals surface area contributed by atoms with Crippen LogP contribution >= 0.6 is 0 Å². The zero-order valence-corrected chi connectivity index (χ0v) is 27.8. The summed E-state index contributed by atoms with van der Waals surface area (Å²) in [4.78, 5) is 51.1. The van der Waals surface area contributed by atoms with Crippen molar-refractivity contribution in [2.45, 2.75) is 56.3 Å². The standard InChI is InChI=1S/C33H37N7O6S/c1-32(2,3)46-31(42)39-14-11-33(12-15-39)20-40(19-21-6-8-23(45-4)9-7-21)29(41)24-16-26(37-27(24)33)25-10-13-34-28(38-25)22-17-35-30(36-18-22)47(5,43)44/h6-10,13,16-18,37H,11-12,14-15,19-20H2,1-5H3. The lowest BCUT2D eigenvalue weighted by Crippen LogP contribution is -2.55. The Bertz CT molecular complexity index is 1910. The van der Waals surface area contributed by atoms with Gasteiger partial charge >= 0.3 is 6.09 Å². The summed E-state index contributed by atoms with van der Waals surface area (Å²) in [6.07, 6.45) is 6.29. The van der Waals surface area contributed by atoms with E-state index in [2.05, 4.69) is 19.9 Å². The summed E-state index contributed by atoms with van der Waals surface area (Å²) in [7, 11) is -1.94. The number of methoxy groups -OCH3 is 1. The minimum Gasteiger partial charge on any atom is -0.497 e. The molecule has 13 nitrogen and oxygen atoms in total. The number of sulfone groups is 1. The van der Waals surface area contributed by atoms with E-state index in [9.17, 15) is 18.0 Å². The van der Waals surface area contributed by atoms with Crippen LogP contribution in [0.1, 0.15) is 55.2 Å². The van der Waals surface area contributed by atoms with Crippen molar-refractivity contribution in [3.63, 3.8) is 0 Å². The number of aromatic amines is 1. The van der Waals surface area contributed by atoms with Gasteiger partial charge in [0.2, 0.25) is 15.0 Å². The number of carbonyl (C=O) groups excluding carboxylic acids is 2. The molecule has 1 saturated heterocycles. The molecule has 0 atom stereocenters. The van der Waals surface area contributed by atoms with Crippen LogP contribution in [-0.2, 0) is 26.5 Å². The van der Waals surface area contributed by atoms with Crippen LogP contribution in [0.25, 0.3) is 22.8 Å². The van der Waals surface area contributed by atoms with Crippen molar-refractivity contribution < 1.29 is 27.5 Å². The first-order chi connectivity index (χ1) is 22.2. The average Bonchev–Trinajstić information content (AvgIpc) is 3.50. The van der Waals surface area contributed by atoms with Crippen molar-refractivity contribution in [3.8, 4) is 28.5 Å². The molecule has 1 spiro atoms. The number of piperidine rings is 1. The average molecular weight is 660 g/mol.